The van der Waals surface area contributed by atoms with Crippen LogP contribution in [0.3, 0.4) is 0 Å². The van der Waals surface area contributed by atoms with E-state index in [2.05, 4.69) is 0 Å². The highest BCUT2D eigenvalue weighted by atomic mass is 16.1. The Hall–Kier alpha value is -1.37. The van der Waals surface area contributed by atoms with Gasteiger partial charge in [-0.3, -0.25) is 4.79 Å². The molecule has 0 bridgehead atoms. The summed E-state index contributed by atoms with van der Waals surface area (Å²) in [7, 11) is 0. The Morgan fingerprint density at radius 2 is 1.91 bits per heavy atom. The molecule has 0 unspecified atom stereocenters. The number of ketones is 1. The molecule has 1 aromatic carbocycles. The van der Waals surface area contributed by atoms with Crippen LogP contribution >= 0.6 is 0 Å². The highest BCUT2D eigenvalue weighted by molar-refractivity contribution is 5.94. The lowest BCUT2D eigenvalue weighted by Gasteiger charge is -1.94. The van der Waals surface area contributed by atoms with Crippen LogP contribution in [0.15, 0.2) is 24.3 Å². The first kappa shape index (κ1) is 7.73. The Bertz CT molecular complexity index is 269. The molecule has 0 amide bonds. The predicted molar refractivity (Wildman–Crippen MR) is 45.2 cm³/mol. The van der Waals surface area contributed by atoms with Crippen molar-refractivity contribution in [3.05, 3.63) is 42.0 Å². The van der Waals surface area contributed by atoms with E-state index in [0.29, 0.717) is 0 Å². The molecule has 0 aliphatic rings. The summed E-state index contributed by atoms with van der Waals surface area (Å²) < 4.78 is 0. The van der Waals surface area contributed by atoms with Gasteiger partial charge in [-0.15, -0.1) is 0 Å². The molecule has 0 atom stereocenters. The zero-order chi connectivity index (χ0) is 8.27. The van der Waals surface area contributed by atoms with E-state index in [1.54, 1.807) is 19.1 Å². The lowest BCUT2D eigenvalue weighted by Crippen LogP contribution is -1.90. The summed E-state index contributed by atoms with van der Waals surface area (Å²) in [6.45, 7) is 6.81. The largest absolute Gasteiger partial charge is 0.295 e. The minimum atomic E-state index is 0.0774. The van der Waals surface area contributed by atoms with Crippen molar-refractivity contribution in [2.75, 3.05) is 0 Å². The van der Waals surface area contributed by atoms with Gasteiger partial charge < -0.3 is 0 Å². The number of benzene rings is 1. The molecule has 0 aliphatic carbocycles. The molecule has 0 saturated heterocycles. The van der Waals surface area contributed by atoms with Crippen LogP contribution in [0.25, 0.3) is 6.08 Å². The lowest BCUT2D eigenvalue weighted by molar-refractivity contribution is 0.101. The Kier molecular flexibility index (Phi) is 2.21. The number of hydrogen-bond acceptors (Lipinski definition) is 1. The highest BCUT2D eigenvalue weighted by Crippen LogP contribution is 2.05. The molecule has 1 rings (SSSR count). The van der Waals surface area contributed by atoms with Crippen molar-refractivity contribution in [2.24, 2.45) is 0 Å². The second kappa shape index (κ2) is 3.15. The van der Waals surface area contributed by atoms with Crippen molar-refractivity contribution < 1.29 is 4.79 Å². The Morgan fingerprint density at radius 3 is 2.27 bits per heavy atom. The molecule has 0 aromatic heterocycles. The minimum Gasteiger partial charge on any atom is -0.295 e. The maximum atomic E-state index is 10.8. The molecular formula is C10H9O. The van der Waals surface area contributed by atoms with E-state index in [0.717, 1.165) is 11.1 Å². The third kappa shape index (κ3) is 1.77. The van der Waals surface area contributed by atoms with Gasteiger partial charge in [0.2, 0.25) is 0 Å². The molecule has 1 aromatic rings. The molecule has 0 spiro atoms. The molecule has 1 heteroatoms. The third-order valence-electron chi connectivity index (χ3n) is 1.51. The van der Waals surface area contributed by atoms with Gasteiger partial charge in [-0.2, -0.15) is 0 Å². The van der Waals surface area contributed by atoms with E-state index < -0.39 is 0 Å². The number of rotatable bonds is 2. The van der Waals surface area contributed by atoms with E-state index in [4.69, 9.17) is 6.58 Å². The van der Waals surface area contributed by atoms with E-state index in [1.165, 1.54) is 6.08 Å². The molecule has 0 heterocycles. The molecule has 11 heavy (non-hydrogen) atoms. The van der Waals surface area contributed by atoms with Gasteiger partial charge in [0.05, 0.1) is 0 Å². The fourth-order valence-corrected chi connectivity index (χ4v) is 0.829. The standard InChI is InChI=1S/C10H9O/c1-3-9-4-6-10(7-5-9)8(2)11/h1,3-7H,2H3. The maximum Gasteiger partial charge on any atom is 0.159 e. The molecule has 0 aliphatic heterocycles. The summed E-state index contributed by atoms with van der Waals surface area (Å²) in [5.41, 5.74) is 1.64. The van der Waals surface area contributed by atoms with Gasteiger partial charge in [-0.05, 0) is 12.5 Å². The van der Waals surface area contributed by atoms with Crippen LogP contribution in [-0.2, 0) is 0 Å². The average molecular weight is 145 g/mol. The molecule has 0 N–H and O–H groups in total. The van der Waals surface area contributed by atoms with Gasteiger partial charge in [0.1, 0.15) is 0 Å². The summed E-state index contributed by atoms with van der Waals surface area (Å²) in [5.74, 6) is 0.0774. The second-order valence-electron chi connectivity index (χ2n) is 2.34. The van der Waals surface area contributed by atoms with E-state index >= 15 is 0 Å². The topological polar surface area (TPSA) is 17.1 Å². The summed E-state index contributed by atoms with van der Waals surface area (Å²) in [4.78, 5) is 10.8. The molecule has 0 saturated carbocycles. The zero-order valence-corrected chi connectivity index (χ0v) is 6.37. The third-order valence-corrected chi connectivity index (χ3v) is 1.51. The summed E-state index contributed by atoms with van der Waals surface area (Å²) in [6.07, 6.45) is 1.50. The maximum absolute atomic E-state index is 10.8. The van der Waals surface area contributed by atoms with Crippen molar-refractivity contribution in [3.8, 4) is 0 Å². The van der Waals surface area contributed by atoms with Crippen molar-refractivity contribution >= 4 is 11.9 Å². The first-order chi connectivity index (χ1) is 5.24. The van der Waals surface area contributed by atoms with E-state index in [1.807, 2.05) is 12.1 Å². The minimum absolute atomic E-state index is 0.0774. The molecule has 1 nitrogen and oxygen atoms in total. The van der Waals surface area contributed by atoms with Crippen molar-refractivity contribution in [3.63, 3.8) is 0 Å². The Morgan fingerprint density at radius 1 is 1.36 bits per heavy atom. The van der Waals surface area contributed by atoms with E-state index in [9.17, 15) is 4.79 Å². The SMILES string of the molecule is [CH]=Cc1ccc(C(C)=O)cc1. The summed E-state index contributed by atoms with van der Waals surface area (Å²) in [6, 6.07) is 7.16. The highest BCUT2D eigenvalue weighted by Gasteiger charge is 1.95. The quantitative estimate of drug-likeness (QED) is 0.584. The Labute approximate surface area is 66.4 Å². The number of carbonyl (C=O) groups excluding carboxylic acids is 1. The first-order valence-corrected chi connectivity index (χ1v) is 3.40. The van der Waals surface area contributed by atoms with E-state index in [-0.39, 0.29) is 5.78 Å². The van der Waals surface area contributed by atoms with Gasteiger partial charge in [0.25, 0.3) is 0 Å². The molecule has 0 fully saturated rings. The van der Waals surface area contributed by atoms with Crippen LogP contribution in [0.4, 0.5) is 0 Å². The van der Waals surface area contributed by atoms with Gasteiger partial charge >= 0.3 is 0 Å². The second-order valence-corrected chi connectivity index (χ2v) is 2.34. The van der Waals surface area contributed by atoms with Gasteiger partial charge in [-0.1, -0.05) is 36.9 Å². The summed E-state index contributed by atoms with van der Waals surface area (Å²) in [5, 5.41) is 0. The predicted octanol–water partition coefficient (Wildman–Crippen LogP) is 2.34. The van der Waals surface area contributed by atoms with Crippen LogP contribution in [0, 0.1) is 6.58 Å². The van der Waals surface area contributed by atoms with Crippen LogP contribution in [-0.4, -0.2) is 5.78 Å². The van der Waals surface area contributed by atoms with Gasteiger partial charge in [-0.25, -0.2) is 0 Å². The number of hydrogen-bond donors (Lipinski definition) is 0. The Balaban J connectivity index is 3.00. The van der Waals surface area contributed by atoms with Crippen molar-refractivity contribution in [1.29, 1.82) is 0 Å². The number of carbonyl (C=O) groups is 1. The van der Waals surface area contributed by atoms with Crippen LogP contribution in [0.1, 0.15) is 22.8 Å². The molecule has 1 radical (unpaired) electrons. The average Bonchev–Trinajstić information content (AvgIpc) is 2.05. The normalized spacial score (nSPS) is 9.18. The van der Waals surface area contributed by atoms with Crippen molar-refractivity contribution in [2.45, 2.75) is 6.92 Å². The van der Waals surface area contributed by atoms with Crippen LogP contribution in [0.2, 0.25) is 0 Å². The van der Waals surface area contributed by atoms with Crippen LogP contribution < -0.4 is 0 Å². The van der Waals surface area contributed by atoms with Crippen LogP contribution in [0.5, 0.6) is 0 Å². The monoisotopic (exact) mass is 145 g/mol. The fourth-order valence-electron chi connectivity index (χ4n) is 0.829. The van der Waals surface area contributed by atoms with Gasteiger partial charge in [0.15, 0.2) is 5.78 Å². The first-order valence-electron chi connectivity index (χ1n) is 3.40. The number of Topliss-reactive ketones (excluding diaryl/α,β-unsaturated/α-hetero) is 1. The molecular weight excluding hydrogens is 136 g/mol. The van der Waals surface area contributed by atoms with Crippen molar-refractivity contribution in [1.82, 2.24) is 0 Å². The lowest BCUT2D eigenvalue weighted by atomic mass is 10.1. The van der Waals surface area contributed by atoms with Gasteiger partial charge in [0, 0.05) is 5.56 Å². The summed E-state index contributed by atoms with van der Waals surface area (Å²) >= 11 is 0. The zero-order valence-electron chi connectivity index (χ0n) is 6.37. The molecule has 55 valence electrons. The smallest absolute Gasteiger partial charge is 0.159 e. The fraction of sp³-hybridized carbons (Fsp3) is 0.100.